The van der Waals surface area contributed by atoms with Gasteiger partial charge in [-0.05, 0) is 31.5 Å². The lowest BCUT2D eigenvalue weighted by atomic mass is 10.1. The summed E-state index contributed by atoms with van der Waals surface area (Å²) in [6.45, 7) is 6.39. The third kappa shape index (κ3) is 4.72. The Morgan fingerprint density at radius 2 is 1.83 bits per heavy atom. The third-order valence-electron chi connectivity index (χ3n) is 4.86. The van der Waals surface area contributed by atoms with Crippen molar-refractivity contribution in [2.75, 3.05) is 38.3 Å². The molecule has 0 saturated carbocycles. The molecule has 6 nitrogen and oxygen atoms in total. The molecule has 29 heavy (non-hydrogen) atoms. The maximum absolute atomic E-state index is 13.5. The van der Waals surface area contributed by atoms with Crippen LogP contribution in [0.15, 0.2) is 30.5 Å². The number of morpholine rings is 1. The van der Waals surface area contributed by atoms with Gasteiger partial charge < -0.3 is 14.5 Å². The number of alkyl halides is 3. The molecule has 0 aliphatic carbocycles. The molecule has 158 valence electrons. The number of benzene rings is 1. The minimum absolute atomic E-state index is 0.201. The number of aromatic nitrogens is 2. The normalized spacial score (nSPS) is 15.1. The fourth-order valence-electron chi connectivity index (χ4n) is 3.38. The van der Waals surface area contributed by atoms with Gasteiger partial charge in [0.05, 0.1) is 25.0 Å². The van der Waals surface area contributed by atoms with E-state index in [0.717, 1.165) is 35.2 Å². The minimum atomic E-state index is -4.66. The first-order chi connectivity index (χ1) is 13.7. The highest BCUT2D eigenvalue weighted by atomic mass is 19.4. The lowest BCUT2D eigenvalue weighted by Gasteiger charge is -2.29. The zero-order chi connectivity index (χ0) is 21.2. The predicted molar refractivity (Wildman–Crippen MR) is 103 cm³/mol. The van der Waals surface area contributed by atoms with Crippen molar-refractivity contribution in [2.24, 2.45) is 0 Å². The second kappa shape index (κ2) is 8.44. The van der Waals surface area contributed by atoms with Crippen molar-refractivity contribution in [3.05, 3.63) is 47.3 Å². The highest BCUT2D eigenvalue weighted by Gasteiger charge is 2.41. The molecule has 1 aliphatic heterocycles. The lowest BCUT2D eigenvalue weighted by Crippen LogP contribution is -2.36. The maximum atomic E-state index is 13.5. The van der Waals surface area contributed by atoms with Gasteiger partial charge in [-0.15, -0.1) is 0 Å². The van der Waals surface area contributed by atoms with Crippen molar-refractivity contribution in [3.8, 4) is 0 Å². The van der Waals surface area contributed by atoms with Crippen LogP contribution in [0.25, 0.3) is 0 Å². The van der Waals surface area contributed by atoms with Crippen molar-refractivity contribution >= 4 is 11.6 Å². The van der Waals surface area contributed by atoms with Gasteiger partial charge in [0.1, 0.15) is 0 Å². The number of halogens is 3. The molecule has 1 saturated heterocycles. The van der Waals surface area contributed by atoms with Crippen LogP contribution in [0.4, 0.5) is 18.9 Å². The minimum Gasteiger partial charge on any atom is -0.378 e. The van der Waals surface area contributed by atoms with Gasteiger partial charge in [0.15, 0.2) is 5.69 Å². The van der Waals surface area contributed by atoms with Crippen LogP contribution in [-0.2, 0) is 17.5 Å². The number of amides is 1. The smallest absolute Gasteiger partial charge is 0.378 e. The van der Waals surface area contributed by atoms with Gasteiger partial charge in [0, 0.05) is 38.4 Å². The van der Waals surface area contributed by atoms with E-state index < -0.39 is 29.4 Å². The van der Waals surface area contributed by atoms with Crippen molar-refractivity contribution in [3.63, 3.8) is 0 Å². The highest BCUT2D eigenvalue weighted by Crippen LogP contribution is 2.34. The van der Waals surface area contributed by atoms with Crippen LogP contribution in [0.2, 0.25) is 0 Å². The summed E-state index contributed by atoms with van der Waals surface area (Å²) in [4.78, 5) is 16.2. The molecular formula is C20H25F3N4O2. The summed E-state index contributed by atoms with van der Waals surface area (Å²) in [6.07, 6.45) is -3.66. The van der Waals surface area contributed by atoms with Crippen LogP contribution in [0.5, 0.6) is 0 Å². The molecule has 1 aliphatic rings. The molecule has 0 spiro atoms. The van der Waals surface area contributed by atoms with Gasteiger partial charge in [-0.2, -0.15) is 18.3 Å². The molecule has 9 heteroatoms. The van der Waals surface area contributed by atoms with E-state index in [2.05, 4.69) is 10.00 Å². The number of hydrogen-bond acceptors (Lipinski definition) is 4. The summed E-state index contributed by atoms with van der Waals surface area (Å²) in [7, 11) is 1.49. The Bertz CT molecular complexity index is 840. The number of anilines is 1. The first kappa shape index (κ1) is 21.2. The van der Waals surface area contributed by atoms with E-state index in [1.807, 2.05) is 24.3 Å². The molecule has 3 rings (SSSR count). The zero-order valence-corrected chi connectivity index (χ0v) is 16.7. The molecule has 1 aromatic heterocycles. The zero-order valence-electron chi connectivity index (χ0n) is 16.7. The summed E-state index contributed by atoms with van der Waals surface area (Å²) in [5.41, 5.74) is 0.455. The second-order valence-corrected chi connectivity index (χ2v) is 7.37. The predicted octanol–water partition coefficient (Wildman–Crippen LogP) is 3.59. The fourth-order valence-corrected chi connectivity index (χ4v) is 3.38. The van der Waals surface area contributed by atoms with E-state index in [4.69, 9.17) is 4.74 Å². The van der Waals surface area contributed by atoms with Gasteiger partial charge in [0.25, 0.3) is 5.91 Å². The standard InChI is InChI=1S/C20H25F3N4O2/c1-14(2)27-18(20(21,22)23)17(12-24-27)19(28)25(3)13-15-4-6-16(7-5-15)26-8-10-29-11-9-26/h4-7,12,14H,8-11,13H2,1-3H3. The topological polar surface area (TPSA) is 50.6 Å². The van der Waals surface area contributed by atoms with Crippen molar-refractivity contribution in [1.29, 1.82) is 0 Å². The third-order valence-corrected chi connectivity index (χ3v) is 4.86. The lowest BCUT2D eigenvalue weighted by molar-refractivity contribution is -0.145. The molecule has 0 bridgehead atoms. The Morgan fingerprint density at radius 1 is 1.21 bits per heavy atom. The van der Waals surface area contributed by atoms with Crippen LogP contribution >= 0.6 is 0 Å². The summed E-state index contributed by atoms with van der Waals surface area (Å²) in [5.74, 6) is -0.707. The average Bonchev–Trinajstić information content (AvgIpc) is 3.14. The Morgan fingerprint density at radius 3 is 2.38 bits per heavy atom. The molecular weight excluding hydrogens is 385 g/mol. The number of carbonyl (C=O) groups is 1. The van der Waals surface area contributed by atoms with Gasteiger partial charge in [-0.1, -0.05) is 12.1 Å². The van der Waals surface area contributed by atoms with Crippen LogP contribution < -0.4 is 4.90 Å². The summed E-state index contributed by atoms with van der Waals surface area (Å²) in [5, 5.41) is 3.79. The number of nitrogens with zero attached hydrogens (tertiary/aromatic N) is 4. The van der Waals surface area contributed by atoms with Crippen LogP contribution in [0.1, 0.15) is 41.5 Å². The van der Waals surface area contributed by atoms with Crippen molar-refractivity contribution in [2.45, 2.75) is 32.6 Å². The average molecular weight is 410 g/mol. The van der Waals surface area contributed by atoms with Crippen LogP contribution in [0, 0.1) is 0 Å². The van der Waals surface area contributed by atoms with E-state index in [9.17, 15) is 18.0 Å². The summed E-state index contributed by atoms with van der Waals surface area (Å²) >= 11 is 0. The Labute approximate surface area is 167 Å². The largest absolute Gasteiger partial charge is 0.433 e. The Kier molecular flexibility index (Phi) is 6.16. The molecule has 0 unspecified atom stereocenters. The summed E-state index contributed by atoms with van der Waals surface area (Å²) in [6, 6.07) is 7.17. The quantitative estimate of drug-likeness (QED) is 0.756. The van der Waals surface area contributed by atoms with E-state index in [1.165, 1.54) is 11.9 Å². The van der Waals surface area contributed by atoms with Crippen LogP contribution in [0.3, 0.4) is 0 Å². The van der Waals surface area contributed by atoms with Crippen LogP contribution in [-0.4, -0.2) is 53.9 Å². The van der Waals surface area contributed by atoms with E-state index >= 15 is 0 Å². The molecule has 2 aromatic rings. The highest BCUT2D eigenvalue weighted by molar-refractivity contribution is 5.95. The van der Waals surface area contributed by atoms with Gasteiger partial charge in [0.2, 0.25) is 0 Å². The fraction of sp³-hybridized carbons (Fsp3) is 0.500. The molecule has 1 amide bonds. The van der Waals surface area contributed by atoms with Gasteiger partial charge >= 0.3 is 6.18 Å². The molecule has 1 aromatic carbocycles. The SMILES string of the molecule is CC(C)n1ncc(C(=O)N(C)Cc2ccc(N3CCOCC3)cc2)c1C(F)(F)F. The van der Waals surface area contributed by atoms with E-state index in [0.29, 0.717) is 13.2 Å². The van der Waals surface area contributed by atoms with Gasteiger partial charge in [-0.3, -0.25) is 9.48 Å². The van der Waals surface area contributed by atoms with Gasteiger partial charge in [-0.25, -0.2) is 0 Å². The van der Waals surface area contributed by atoms with Crippen molar-refractivity contribution < 1.29 is 22.7 Å². The second-order valence-electron chi connectivity index (χ2n) is 7.37. The first-order valence-electron chi connectivity index (χ1n) is 9.50. The summed E-state index contributed by atoms with van der Waals surface area (Å²) < 4.78 is 46.8. The van der Waals surface area contributed by atoms with E-state index in [1.54, 1.807) is 13.8 Å². The number of rotatable bonds is 5. The Balaban J connectivity index is 1.74. The molecule has 0 N–H and O–H groups in total. The Hall–Kier alpha value is -2.55. The van der Waals surface area contributed by atoms with Crippen molar-refractivity contribution in [1.82, 2.24) is 14.7 Å². The van der Waals surface area contributed by atoms with E-state index in [-0.39, 0.29) is 6.54 Å². The molecule has 1 fully saturated rings. The molecule has 0 radical (unpaired) electrons. The molecule has 2 heterocycles. The number of ether oxygens (including phenoxy) is 1. The maximum Gasteiger partial charge on any atom is 0.433 e. The number of hydrogen-bond donors (Lipinski definition) is 0. The molecule has 0 atom stereocenters. The monoisotopic (exact) mass is 410 g/mol. The first-order valence-corrected chi connectivity index (χ1v) is 9.50. The number of carbonyl (C=O) groups excluding carboxylic acids is 1.